The number of hydrogen-bond acceptors (Lipinski definition) is 8. The highest BCUT2D eigenvalue weighted by atomic mass is 16.7. The Balaban J connectivity index is 1.61. The van der Waals surface area contributed by atoms with Crippen LogP contribution >= 0.6 is 0 Å². The van der Waals surface area contributed by atoms with Gasteiger partial charge in [-0.05, 0) is 37.5 Å². The number of rotatable bonds is 15. The summed E-state index contributed by atoms with van der Waals surface area (Å²) in [5, 5.41) is 10.6. The van der Waals surface area contributed by atoms with Crippen LogP contribution in [-0.4, -0.2) is 110 Å². The van der Waals surface area contributed by atoms with Gasteiger partial charge >= 0.3 is 5.97 Å². The normalized spacial score (nSPS) is 20.2. The van der Waals surface area contributed by atoms with Crippen LogP contribution in [0.3, 0.4) is 0 Å². The van der Waals surface area contributed by atoms with Crippen molar-refractivity contribution in [3.63, 3.8) is 0 Å². The highest BCUT2D eigenvalue weighted by Crippen LogP contribution is 2.47. The van der Waals surface area contributed by atoms with Crippen molar-refractivity contribution in [2.24, 2.45) is 5.92 Å². The van der Waals surface area contributed by atoms with Crippen molar-refractivity contribution < 1.29 is 37.8 Å². The molecule has 0 saturated carbocycles. The average Bonchev–Trinajstić information content (AvgIpc) is 3.66. The first-order valence-corrected chi connectivity index (χ1v) is 14.9. The van der Waals surface area contributed by atoms with Crippen molar-refractivity contribution in [3.05, 3.63) is 35.5 Å². The number of amides is 1. The second-order valence-corrected chi connectivity index (χ2v) is 12.4. The topological polar surface area (TPSA) is 115 Å². The molecule has 1 N–H and O–H groups in total. The quantitative estimate of drug-likeness (QED) is 0.313. The number of quaternary nitrogens is 1. The van der Waals surface area contributed by atoms with E-state index < -0.39 is 11.9 Å². The molecule has 1 saturated heterocycles. The van der Waals surface area contributed by atoms with Gasteiger partial charge in [-0.2, -0.15) is 0 Å². The van der Waals surface area contributed by atoms with Gasteiger partial charge in [-0.1, -0.05) is 13.3 Å². The first-order chi connectivity index (χ1) is 20.0. The number of unbranched alkanes of at least 4 members (excludes halogenated alkanes) is 1. The zero-order valence-corrected chi connectivity index (χ0v) is 25.9. The van der Waals surface area contributed by atoms with Gasteiger partial charge in [-0.25, -0.2) is 4.98 Å². The SMILES string of the molecule is CCCCN(CCC[N+](C)(C)C)C(=O)CN1C[C@H](c2cc(OC)c3c(c2)OCO3)[C@@H](C(=O)O)[C@@H]1CCc1ncc(C)o1. The Kier molecular flexibility index (Phi) is 10.4. The Morgan fingerprint density at radius 1 is 1.19 bits per heavy atom. The summed E-state index contributed by atoms with van der Waals surface area (Å²) in [4.78, 5) is 35.0. The number of hydrogen-bond donors (Lipinski definition) is 1. The molecule has 42 heavy (non-hydrogen) atoms. The van der Waals surface area contributed by atoms with Gasteiger partial charge in [-0.3, -0.25) is 14.5 Å². The maximum Gasteiger partial charge on any atom is 0.308 e. The molecule has 0 unspecified atom stereocenters. The first-order valence-electron chi connectivity index (χ1n) is 14.9. The van der Waals surface area contributed by atoms with E-state index in [1.54, 1.807) is 13.3 Å². The predicted molar refractivity (Wildman–Crippen MR) is 157 cm³/mol. The fourth-order valence-electron chi connectivity index (χ4n) is 6.06. The van der Waals surface area contributed by atoms with Gasteiger partial charge in [0, 0.05) is 44.4 Å². The largest absolute Gasteiger partial charge is 0.493 e. The minimum atomic E-state index is -0.897. The molecule has 232 valence electrons. The first kappa shape index (κ1) is 31.6. The lowest BCUT2D eigenvalue weighted by Gasteiger charge is -2.30. The lowest BCUT2D eigenvalue weighted by atomic mass is 9.83. The van der Waals surface area contributed by atoms with E-state index in [1.165, 1.54) is 0 Å². The van der Waals surface area contributed by atoms with Crippen LogP contribution in [0.4, 0.5) is 0 Å². The number of aliphatic carboxylic acids is 1. The average molecular weight is 588 g/mol. The second-order valence-electron chi connectivity index (χ2n) is 12.4. The third-order valence-corrected chi connectivity index (χ3v) is 8.19. The van der Waals surface area contributed by atoms with Crippen molar-refractivity contribution in [3.8, 4) is 17.2 Å². The number of oxazole rings is 1. The van der Waals surface area contributed by atoms with E-state index in [-0.39, 0.29) is 31.2 Å². The van der Waals surface area contributed by atoms with Gasteiger partial charge in [0.05, 0.1) is 53.5 Å². The summed E-state index contributed by atoms with van der Waals surface area (Å²) in [6.07, 6.45) is 5.48. The Labute approximate surface area is 248 Å². The van der Waals surface area contributed by atoms with Crippen LogP contribution in [0.5, 0.6) is 17.2 Å². The zero-order chi connectivity index (χ0) is 30.4. The van der Waals surface area contributed by atoms with E-state index in [0.29, 0.717) is 61.4 Å². The molecule has 0 bridgehead atoms. The number of benzene rings is 1. The summed E-state index contributed by atoms with van der Waals surface area (Å²) >= 11 is 0. The molecule has 1 aromatic carbocycles. The van der Waals surface area contributed by atoms with Gasteiger partial charge in [0.15, 0.2) is 17.4 Å². The highest BCUT2D eigenvalue weighted by molar-refractivity contribution is 5.79. The fourth-order valence-corrected chi connectivity index (χ4v) is 6.06. The number of carboxylic acid groups (broad SMARTS) is 1. The van der Waals surface area contributed by atoms with Crippen molar-refractivity contribution in [1.29, 1.82) is 0 Å². The van der Waals surface area contributed by atoms with Crippen LogP contribution < -0.4 is 14.2 Å². The molecule has 0 aliphatic carbocycles. The Hall–Kier alpha value is -3.31. The van der Waals surface area contributed by atoms with E-state index in [4.69, 9.17) is 18.6 Å². The van der Waals surface area contributed by atoms with Gasteiger partial charge in [0.1, 0.15) is 5.76 Å². The molecule has 11 nitrogen and oxygen atoms in total. The van der Waals surface area contributed by atoms with Crippen molar-refractivity contribution in [2.45, 2.75) is 57.9 Å². The van der Waals surface area contributed by atoms with Gasteiger partial charge in [-0.15, -0.1) is 0 Å². The van der Waals surface area contributed by atoms with Crippen LogP contribution in [0.2, 0.25) is 0 Å². The molecule has 0 spiro atoms. The Morgan fingerprint density at radius 2 is 1.95 bits per heavy atom. The molecule has 2 aliphatic rings. The summed E-state index contributed by atoms with van der Waals surface area (Å²) in [6, 6.07) is 3.30. The number of fused-ring (bicyclic) bond motifs is 1. The minimum absolute atomic E-state index is 0.0369. The number of carboxylic acids is 1. The van der Waals surface area contributed by atoms with E-state index in [2.05, 4.69) is 38.0 Å². The zero-order valence-electron chi connectivity index (χ0n) is 25.9. The number of nitrogens with zero attached hydrogens (tertiary/aromatic N) is 4. The summed E-state index contributed by atoms with van der Waals surface area (Å²) in [7, 11) is 8.01. The van der Waals surface area contributed by atoms with Crippen LogP contribution in [-0.2, 0) is 16.0 Å². The van der Waals surface area contributed by atoms with E-state index >= 15 is 0 Å². The molecule has 0 radical (unpaired) electrons. The highest BCUT2D eigenvalue weighted by Gasteiger charge is 2.47. The molecule has 2 aromatic rings. The maximum atomic E-state index is 13.8. The van der Waals surface area contributed by atoms with Gasteiger partial charge in [0.25, 0.3) is 0 Å². The number of methoxy groups -OCH3 is 1. The molecule has 4 rings (SSSR count). The number of likely N-dealkylation sites (tertiary alicyclic amines) is 1. The standard InChI is InChI=1S/C31H46N4O7/c1-7-8-12-33(13-9-14-35(3,4)5)28(36)19-34-18-23(22-15-25(39-6)30-26(16-22)40-20-41-30)29(31(37)38)24(34)10-11-27-32-17-21(2)42-27/h15-17,23-24,29H,7-14,18-20H2,1-6H3/p+1/t23-,24+,29-/m1/s1. The summed E-state index contributed by atoms with van der Waals surface area (Å²) in [5.41, 5.74) is 0.793. The molecule has 3 heterocycles. The van der Waals surface area contributed by atoms with Crippen LogP contribution in [0.25, 0.3) is 0 Å². The Morgan fingerprint density at radius 3 is 2.60 bits per heavy atom. The van der Waals surface area contributed by atoms with Crippen molar-refractivity contribution in [1.82, 2.24) is 14.8 Å². The maximum absolute atomic E-state index is 13.8. The number of carbonyl (C=O) groups is 2. The third-order valence-electron chi connectivity index (χ3n) is 8.19. The molecule has 2 aliphatic heterocycles. The molecular formula is C31H47N4O7+. The molecule has 11 heteroatoms. The van der Waals surface area contributed by atoms with Crippen molar-refractivity contribution >= 4 is 11.9 Å². The lowest BCUT2D eigenvalue weighted by Crippen LogP contribution is -2.45. The van der Waals surface area contributed by atoms with Crippen LogP contribution in [0.15, 0.2) is 22.7 Å². The second kappa shape index (κ2) is 13.8. The molecule has 1 fully saturated rings. The number of carbonyl (C=O) groups excluding carboxylic acids is 1. The summed E-state index contributed by atoms with van der Waals surface area (Å²) in [6.45, 7) is 6.97. The number of aromatic nitrogens is 1. The Bertz CT molecular complexity index is 1220. The van der Waals surface area contributed by atoms with Crippen molar-refractivity contribution in [2.75, 3.05) is 67.8 Å². The molecule has 1 aromatic heterocycles. The molecule has 3 atom stereocenters. The van der Waals surface area contributed by atoms with Gasteiger partial charge < -0.3 is 33.1 Å². The summed E-state index contributed by atoms with van der Waals surface area (Å²) < 4.78 is 23.3. The van der Waals surface area contributed by atoms with E-state index in [0.717, 1.165) is 35.9 Å². The molecular weight excluding hydrogens is 540 g/mol. The molecule has 1 amide bonds. The number of ether oxygens (including phenoxy) is 3. The number of aryl methyl sites for hydroxylation is 2. The van der Waals surface area contributed by atoms with Gasteiger partial charge in [0.2, 0.25) is 18.4 Å². The van der Waals surface area contributed by atoms with Crippen LogP contribution in [0, 0.1) is 12.8 Å². The predicted octanol–water partition coefficient (Wildman–Crippen LogP) is 3.55. The third kappa shape index (κ3) is 7.74. The van der Waals surface area contributed by atoms with E-state index in [9.17, 15) is 14.7 Å². The summed E-state index contributed by atoms with van der Waals surface area (Å²) in [5.74, 6) is 0.866. The van der Waals surface area contributed by atoms with E-state index in [1.807, 2.05) is 24.0 Å². The monoisotopic (exact) mass is 587 g/mol. The fraction of sp³-hybridized carbons (Fsp3) is 0.645. The lowest BCUT2D eigenvalue weighted by molar-refractivity contribution is -0.870. The smallest absolute Gasteiger partial charge is 0.308 e. The van der Waals surface area contributed by atoms with Crippen LogP contribution in [0.1, 0.15) is 55.7 Å². The minimum Gasteiger partial charge on any atom is -0.493 e.